The molecule has 0 aromatic heterocycles. The Morgan fingerprint density at radius 3 is 1.14 bits per heavy atom. The zero-order valence-corrected chi connectivity index (χ0v) is 13.1. The van der Waals surface area contributed by atoms with Crippen LogP contribution in [-0.2, 0) is 0 Å². The minimum Gasteiger partial charge on any atom is -0.512 e. The Morgan fingerprint density at radius 1 is 0.545 bits per heavy atom. The molecule has 0 saturated heterocycles. The van der Waals surface area contributed by atoms with Gasteiger partial charge >= 0.3 is 0 Å². The molecule has 3 rings (SSSR count). The van der Waals surface area contributed by atoms with Crippen LogP contribution in [0.15, 0.2) is 103 Å². The van der Waals surface area contributed by atoms with Gasteiger partial charge in [0.05, 0.1) is 0 Å². The summed E-state index contributed by atoms with van der Waals surface area (Å²) in [6, 6.07) is 31.3. The molecule has 0 amide bonds. The van der Waals surface area contributed by atoms with E-state index in [4.69, 9.17) is 0 Å². The van der Waals surface area contributed by atoms with E-state index in [0.717, 1.165) is 0 Å². The summed E-state index contributed by atoms with van der Waals surface area (Å²) in [5.74, 6) is 1.97. The predicted molar refractivity (Wildman–Crippen MR) is 96.9 cm³/mol. The van der Waals surface area contributed by atoms with Crippen molar-refractivity contribution < 1.29 is 5.11 Å². The van der Waals surface area contributed by atoms with Crippen LogP contribution < -0.4 is 15.9 Å². The molecule has 3 aromatic rings. The fourth-order valence-electron chi connectivity index (χ4n) is 2.79. The van der Waals surface area contributed by atoms with E-state index in [-0.39, 0.29) is 0 Å². The van der Waals surface area contributed by atoms with Crippen LogP contribution in [0.5, 0.6) is 0 Å². The normalized spacial score (nSPS) is 11.6. The van der Waals surface area contributed by atoms with Crippen LogP contribution in [0.4, 0.5) is 0 Å². The van der Waals surface area contributed by atoms with Gasteiger partial charge in [-0.3, -0.25) is 0 Å². The van der Waals surface area contributed by atoms with Gasteiger partial charge in [-0.15, -0.1) is 0 Å². The van der Waals surface area contributed by atoms with Crippen molar-refractivity contribution in [2.45, 2.75) is 0 Å². The van der Waals surface area contributed by atoms with Gasteiger partial charge in [0.1, 0.15) is 35.3 Å². The number of benzene rings is 3. The Bertz CT molecular complexity index is 640. The Labute approximate surface area is 131 Å². The van der Waals surface area contributed by atoms with Gasteiger partial charge in [-0.25, -0.2) is 0 Å². The van der Waals surface area contributed by atoms with E-state index >= 15 is 0 Å². The second-order valence-electron chi connectivity index (χ2n) is 5.03. The average molecular weight is 305 g/mol. The predicted octanol–water partition coefficient (Wildman–Crippen LogP) is 4.01. The van der Waals surface area contributed by atoms with Crippen LogP contribution in [0.2, 0.25) is 0 Å². The molecule has 0 spiro atoms. The molecule has 3 aromatic carbocycles. The maximum absolute atomic E-state index is 9.63. The molecule has 0 heterocycles. The second kappa shape index (κ2) is 6.60. The summed E-state index contributed by atoms with van der Waals surface area (Å²) in [6.07, 6.45) is 1.20. The lowest BCUT2D eigenvalue weighted by molar-refractivity contribution is 0.475. The van der Waals surface area contributed by atoms with Crippen molar-refractivity contribution in [3.05, 3.63) is 103 Å². The quantitative estimate of drug-likeness (QED) is 0.570. The Morgan fingerprint density at radius 2 is 0.864 bits per heavy atom. The largest absolute Gasteiger partial charge is 0.512 e. The lowest BCUT2D eigenvalue weighted by Gasteiger charge is -2.23. The lowest BCUT2D eigenvalue weighted by Crippen LogP contribution is -2.29. The minimum absolute atomic E-state index is 1.20. The zero-order chi connectivity index (χ0) is 15.3. The molecule has 0 unspecified atom stereocenters. The molecule has 1 N–H and O–H groups in total. The van der Waals surface area contributed by atoms with Gasteiger partial charge in [-0.05, 0) is 36.4 Å². The number of aliphatic hydroxyl groups is 1. The zero-order valence-electron chi connectivity index (χ0n) is 12.2. The van der Waals surface area contributed by atoms with Crippen molar-refractivity contribution in [1.29, 1.82) is 0 Å². The molecule has 0 aliphatic carbocycles. The van der Waals surface area contributed by atoms with Gasteiger partial charge < -0.3 is 5.11 Å². The molecule has 0 fully saturated rings. The Hall–Kier alpha value is -2.37. The summed E-state index contributed by atoms with van der Waals surface area (Å²) in [4.78, 5) is 0. The molecule has 2 heteroatoms. The van der Waals surface area contributed by atoms with E-state index in [1.807, 2.05) is 24.0 Å². The third kappa shape index (κ3) is 2.56. The molecule has 0 aliphatic rings. The molecule has 0 aliphatic heterocycles. The first kappa shape index (κ1) is 14.6. The van der Waals surface area contributed by atoms with Crippen molar-refractivity contribution in [2.24, 2.45) is 0 Å². The van der Waals surface area contributed by atoms with Crippen LogP contribution in [0.1, 0.15) is 0 Å². The molecule has 0 saturated carbocycles. The molecular weight excluding hydrogens is 287 g/mol. The first-order chi connectivity index (χ1) is 10.9. The minimum atomic E-state index is -1.98. The summed E-state index contributed by atoms with van der Waals surface area (Å²) in [5, 5.41) is 13.3. The fourth-order valence-corrected chi connectivity index (χ4v) is 6.33. The van der Waals surface area contributed by atoms with Crippen LogP contribution in [-0.4, -0.2) is 5.11 Å². The van der Waals surface area contributed by atoms with Gasteiger partial charge in [0.2, 0.25) is 0 Å². The van der Waals surface area contributed by atoms with Crippen LogP contribution in [0.3, 0.4) is 0 Å². The highest BCUT2D eigenvalue weighted by Crippen LogP contribution is 2.56. The first-order valence-electron chi connectivity index (χ1n) is 7.25. The van der Waals surface area contributed by atoms with Gasteiger partial charge in [0.15, 0.2) is 0 Å². The van der Waals surface area contributed by atoms with Gasteiger partial charge in [-0.2, -0.15) is 0 Å². The summed E-state index contributed by atoms with van der Waals surface area (Å²) >= 11 is 0. The second-order valence-corrected chi connectivity index (χ2v) is 8.32. The number of rotatable bonds is 4. The maximum Gasteiger partial charge on any atom is 0.140 e. The van der Waals surface area contributed by atoms with E-state index in [2.05, 4.69) is 72.8 Å². The highest BCUT2D eigenvalue weighted by Gasteiger charge is 2.43. The summed E-state index contributed by atoms with van der Waals surface area (Å²) in [5.41, 5.74) is 0. The summed E-state index contributed by atoms with van der Waals surface area (Å²) in [6.45, 7) is 0. The van der Waals surface area contributed by atoms with E-state index in [1.54, 1.807) is 0 Å². The Balaban J connectivity index is 2.34. The van der Waals surface area contributed by atoms with Crippen molar-refractivity contribution in [2.75, 3.05) is 0 Å². The number of hydrogen-bond acceptors (Lipinski definition) is 1. The molecule has 0 bridgehead atoms. The highest BCUT2D eigenvalue weighted by molar-refractivity contribution is 7.98. The van der Waals surface area contributed by atoms with E-state index < -0.39 is 7.26 Å². The maximum atomic E-state index is 9.63. The van der Waals surface area contributed by atoms with E-state index in [1.165, 1.54) is 22.2 Å². The third-order valence-electron chi connectivity index (χ3n) is 3.78. The van der Waals surface area contributed by atoms with E-state index in [9.17, 15) is 5.11 Å². The SMILES string of the molecule is O/C=C\[P+](c1ccccc1)(c1ccccc1)c1ccccc1. The van der Waals surface area contributed by atoms with Crippen molar-refractivity contribution >= 4 is 23.2 Å². The van der Waals surface area contributed by atoms with E-state index in [0.29, 0.717) is 0 Å². The number of aliphatic hydroxyl groups excluding tert-OH is 1. The monoisotopic (exact) mass is 305 g/mol. The molecule has 22 heavy (non-hydrogen) atoms. The molecule has 1 nitrogen and oxygen atoms in total. The summed E-state index contributed by atoms with van der Waals surface area (Å²) in [7, 11) is -1.98. The van der Waals surface area contributed by atoms with Crippen molar-refractivity contribution in [3.8, 4) is 0 Å². The van der Waals surface area contributed by atoms with Crippen LogP contribution in [0.25, 0.3) is 0 Å². The van der Waals surface area contributed by atoms with Crippen LogP contribution in [0, 0.1) is 0 Å². The summed E-state index contributed by atoms with van der Waals surface area (Å²) < 4.78 is 0. The molecule has 108 valence electrons. The topological polar surface area (TPSA) is 20.2 Å². The first-order valence-corrected chi connectivity index (χ1v) is 9.11. The highest BCUT2D eigenvalue weighted by atomic mass is 31.2. The van der Waals surface area contributed by atoms with Gasteiger partial charge in [0, 0.05) is 0 Å². The van der Waals surface area contributed by atoms with Crippen molar-refractivity contribution in [1.82, 2.24) is 0 Å². The van der Waals surface area contributed by atoms with Gasteiger partial charge in [0.25, 0.3) is 0 Å². The lowest BCUT2D eigenvalue weighted by atomic mass is 10.4. The molecule has 0 atom stereocenters. The van der Waals surface area contributed by atoms with Crippen LogP contribution >= 0.6 is 7.26 Å². The van der Waals surface area contributed by atoms with Crippen molar-refractivity contribution in [3.63, 3.8) is 0 Å². The molecular formula is C20H18OP+. The Kier molecular flexibility index (Phi) is 4.37. The standard InChI is InChI=1S/C20H17OP/c21-16-17-22(18-10-4-1-5-11-18,19-12-6-2-7-13-19)20-14-8-3-9-15-20/h1-17H/p+1/b17-16-. The molecule has 0 radical (unpaired) electrons. The third-order valence-corrected chi connectivity index (χ3v) is 7.70. The number of hydrogen-bond donors (Lipinski definition) is 1. The smallest absolute Gasteiger partial charge is 0.140 e. The average Bonchev–Trinajstić information content (AvgIpc) is 2.62. The fraction of sp³-hybridized carbons (Fsp3) is 0. The van der Waals surface area contributed by atoms with Gasteiger partial charge in [-0.1, -0.05) is 54.6 Å².